The number of para-hydroxylation sites is 1. The minimum Gasteiger partial charge on any atom is -0.435 e. The maximum absolute atomic E-state index is 12.9. The van der Waals surface area contributed by atoms with Crippen LogP contribution in [0.25, 0.3) is 0 Å². The van der Waals surface area contributed by atoms with Crippen molar-refractivity contribution in [2.75, 3.05) is 18.0 Å². The normalized spacial score (nSPS) is 16.7. The zero-order chi connectivity index (χ0) is 19.4. The Morgan fingerprint density at radius 1 is 1.19 bits per heavy atom. The third kappa shape index (κ3) is 4.07. The number of carbonyl (C=O) groups excluding carboxylic acids is 2. The summed E-state index contributed by atoms with van der Waals surface area (Å²) in [5.74, 6) is -0.444. The number of rotatable bonds is 6. The van der Waals surface area contributed by atoms with E-state index < -0.39 is 12.7 Å². The molecule has 1 fully saturated rings. The van der Waals surface area contributed by atoms with Crippen LogP contribution in [0.2, 0.25) is 0 Å². The smallest absolute Gasteiger partial charge is 0.387 e. The summed E-state index contributed by atoms with van der Waals surface area (Å²) in [4.78, 5) is 28.9. The second-order valence-electron chi connectivity index (χ2n) is 6.12. The molecule has 1 atom stereocenters. The van der Waals surface area contributed by atoms with Crippen molar-refractivity contribution in [3.63, 3.8) is 0 Å². The van der Waals surface area contributed by atoms with E-state index >= 15 is 0 Å². The summed E-state index contributed by atoms with van der Waals surface area (Å²) in [6, 6.07) is 14.3. The van der Waals surface area contributed by atoms with Gasteiger partial charge in [-0.15, -0.1) is 0 Å². The molecule has 0 unspecified atom stereocenters. The fourth-order valence-corrected chi connectivity index (χ4v) is 3.27. The van der Waals surface area contributed by atoms with Crippen LogP contribution < -0.4 is 9.64 Å². The molecule has 0 aliphatic carbocycles. The van der Waals surface area contributed by atoms with Gasteiger partial charge in [-0.3, -0.25) is 9.59 Å². The summed E-state index contributed by atoms with van der Waals surface area (Å²) in [6.07, 6.45) is 0.542. The van der Waals surface area contributed by atoms with Crippen molar-refractivity contribution in [2.24, 2.45) is 0 Å². The van der Waals surface area contributed by atoms with Gasteiger partial charge < -0.3 is 14.5 Å². The maximum Gasteiger partial charge on any atom is 0.387 e. The Bertz CT molecular complexity index is 797. The van der Waals surface area contributed by atoms with E-state index in [2.05, 4.69) is 4.74 Å². The molecule has 5 nitrogen and oxygen atoms in total. The van der Waals surface area contributed by atoms with Crippen molar-refractivity contribution in [3.8, 4) is 5.75 Å². The molecule has 2 aromatic rings. The maximum atomic E-state index is 12.9. The summed E-state index contributed by atoms with van der Waals surface area (Å²) in [7, 11) is 0. The number of likely N-dealkylation sites (N-methyl/N-ethyl adjacent to an activating group) is 1. The minimum atomic E-state index is -2.92. The number of ether oxygens (including phenoxy) is 1. The van der Waals surface area contributed by atoms with Gasteiger partial charge in [0.2, 0.25) is 5.91 Å². The molecular weight excluding hydrogens is 354 g/mol. The number of hydrogen-bond donors (Lipinski definition) is 0. The first kappa shape index (κ1) is 18.8. The highest BCUT2D eigenvalue weighted by Crippen LogP contribution is 2.25. The fraction of sp³-hybridized carbons (Fsp3) is 0.300. The van der Waals surface area contributed by atoms with Crippen LogP contribution in [0.5, 0.6) is 5.75 Å². The fourth-order valence-electron chi connectivity index (χ4n) is 3.27. The first-order chi connectivity index (χ1) is 13.0. The van der Waals surface area contributed by atoms with Gasteiger partial charge in [0.05, 0.1) is 0 Å². The van der Waals surface area contributed by atoms with E-state index in [0.717, 1.165) is 5.69 Å². The molecule has 0 aromatic heterocycles. The lowest BCUT2D eigenvalue weighted by Crippen LogP contribution is -2.45. The highest BCUT2D eigenvalue weighted by molar-refractivity contribution is 6.03. The molecule has 3 rings (SSSR count). The van der Waals surface area contributed by atoms with Crippen LogP contribution in [0.1, 0.15) is 23.7 Å². The van der Waals surface area contributed by atoms with E-state index in [1.54, 1.807) is 4.90 Å². The largest absolute Gasteiger partial charge is 0.435 e. The number of anilines is 1. The van der Waals surface area contributed by atoms with E-state index in [1.807, 2.05) is 37.3 Å². The van der Waals surface area contributed by atoms with Gasteiger partial charge in [-0.2, -0.15) is 8.78 Å². The lowest BCUT2D eigenvalue weighted by Gasteiger charge is -2.27. The van der Waals surface area contributed by atoms with Crippen LogP contribution in [0.3, 0.4) is 0 Å². The van der Waals surface area contributed by atoms with E-state index in [4.69, 9.17) is 0 Å². The third-order valence-corrected chi connectivity index (χ3v) is 4.55. The molecule has 1 heterocycles. The summed E-state index contributed by atoms with van der Waals surface area (Å²) in [5.41, 5.74) is 1.13. The predicted molar refractivity (Wildman–Crippen MR) is 97.0 cm³/mol. The monoisotopic (exact) mass is 374 g/mol. The first-order valence-corrected chi connectivity index (χ1v) is 8.73. The Balaban J connectivity index is 1.74. The second-order valence-corrected chi connectivity index (χ2v) is 6.12. The predicted octanol–water partition coefficient (Wildman–Crippen LogP) is 3.56. The standard InChI is InChI=1S/C20H20F2N2O3/c1-2-23(18(25)14-8-10-16(11-9-14)27-20(21)22)17-12-13-24(19(17)26)15-6-4-3-5-7-15/h3-11,17,20H,2,12-13H2,1H3/t17-/m1/s1. The number of benzene rings is 2. The van der Waals surface area contributed by atoms with Gasteiger partial charge in [-0.05, 0) is 49.7 Å². The van der Waals surface area contributed by atoms with Crippen LogP contribution in [0, 0.1) is 0 Å². The summed E-state index contributed by atoms with van der Waals surface area (Å²) in [6.45, 7) is -0.199. The van der Waals surface area contributed by atoms with Crippen LogP contribution >= 0.6 is 0 Å². The van der Waals surface area contributed by atoms with Crippen molar-refractivity contribution >= 4 is 17.5 Å². The molecule has 27 heavy (non-hydrogen) atoms. The Morgan fingerprint density at radius 2 is 1.85 bits per heavy atom. The van der Waals surface area contributed by atoms with Crippen molar-refractivity contribution in [2.45, 2.75) is 26.0 Å². The molecule has 0 radical (unpaired) electrons. The molecule has 1 aliphatic heterocycles. The zero-order valence-electron chi connectivity index (χ0n) is 14.8. The second kappa shape index (κ2) is 8.16. The number of halogens is 2. The summed E-state index contributed by atoms with van der Waals surface area (Å²) in [5, 5.41) is 0. The van der Waals surface area contributed by atoms with Crippen molar-refractivity contribution in [3.05, 3.63) is 60.2 Å². The van der Waals surface area contributed by atoms with Gasteiger partial charge in [0, 0.05) is 24.3 Å². The van der Waals surface area contributed by atoms with Crippen molar-refractivity contribution in [1.82, 2.24) is 4.90 Å². The van der Waals surface area contributed by atoms with Crippen LogP contribution in [0.4, 0.5) is 14.5 Å². The lowest BCUT2D eigenvalue weighted by molar-refractivity contribution is -0.120. The Kier molecular flexibility index (Phi) is 5.69. The molecule has 2 amide bonds. The molecule has 0 saturated carbocycles. The molecule has 0 spiro atoms. The third-order valence-electron chi connectivity index (χ3n) is 4.55. The number of nitrogens with zero attached hydrogens (tertiary/aromatic N) is 2. The van der Waals surface area contributed by atoms with Gasteiger partial charge in [-0.25, -0.2) is 0 Å². The molecule has 2 aromatic carbocycles. The Labute approximate surface area is 156 Å². The number of amides is 2. The van der Waals surface area contributed by atoms with Crippen molar-refractivity contribution < 1.29 is 23.1 Å². The number of hydrogen-bond acceptors (Lipinski definition) is 3. The van der Waals surface area contributed by atoms with Gasteiger partial charge in [0.25, 0.3) is 5.91 Å². The molecule has 0 N–H and O–H groups in total. The van der Waals surface area contributed by atoms with Crippen molar-refractivity contribution in [1.29, 1.82) is 0 Å². The Morgan fingerprint density at radius 3 is 2.44 bits per heavy atom. The number of carbonyl (C=O) groups is 2. The quantitative estimate of drug-likeness (QED) is 0.777. The highest BCUT2D eigenvalue weighted by Gasteiger charge is 2.38. The first-order valence-electron chi connectivity index (χ1n) is 8.73. The van der Waals surface area contributed by atoms with E-state index in [0.29, 0.717) is 25.1 Å². The highest BCUT2D eigenvalue weighted by atomic mass is 19.3. The van der Waals surface area contributed by atoms with Gasteiger partial charge >= 0.3 is 6.61 Å². The van der Waals surface area contributed by atoms with Gasteiger partial charge in [0.1, 0.15) is 11.8 Å². The summed E-state index contributed by atoms with van der Waals surface area (Å²) >= 11 is 0. The van der Waals surface area contributed by atoms with Gasteiger partial charge in [0.15, 0.2) is 0 Å². The molecule has 7 heteroatoms. The van der Waals surface area contributed by atoms with Crippen LogP contribution in [-0.2, 0) is 4.79 Å². The number of alkyl halides is 2. The van der Waals surface area contributed by atoms with Gasteiger partial charge in [-0.1, -0.05) is 18.2 Å². The topological polar surface area (TPSA) is 49.9 Å². The zero-order valence-corrected chi connectivity index (χ0v) is 14.8. The lowest BCUT2D eigenvalue weighted by atomic mass is 10.1. The van der Waals surface area contributed by atoms with E-state index in [1.165, 1.54) is 29.2 Å². The average molecular weight is 374 g/mol. The Hall–Kier alpha value is -2.96. The van der Waals surface area contributed by atoms with Crippen LogP contribution in [0.15, 0.2) is 54.6 Å². The molecule has 0 bridgehead atoms. The van der Waals surface area contributed by atoms with Crippen LogP contribution in [-0.4, -0.2) is 42.5 Å². The molecule has 1 aliphatic rings. The summed E-state index contributed by atoms with van der Waals surface area (Å²) < 4.78 is 28.8. The molecular formula is C20H20F2N2O3. The molecule has 142 valence electrons. The minimum absolute atomic E-state index is 0.0169. The molecule has 1 saturated heterocycles. The average Bonchev–Trinajstić information content (AvgIpc) is 3.04. The van der Waals surface area contributed by atoms with E-state index in [9.17, 15) is 18.4 Å². The van der Waals surface area contributed by atoms with E-state index in [-0.39, 0.29) is 17.6 Å². The SMILES string of the molecule is CCN(C(=O)c1ccc(OC(F)F)cc1)[C@@H]1CCN(c2ccccc2)C1=O.